The predicted octanol–water partition coefficient (Wildman–Crippen LogP) is 3.92. The summed E-state index contributed by atoms with van der Waals surface area (Å²) in [6, 6.07) is 3.98. The summed E-state index contributed by atoms with van der Waals surface area (Å²) in [7, 11) is 0. The van der Waals surface area contributed by atoms with Gasteiger partial charge in [0, 0.05) is 4.90 Å². The van der Waals surface area contributed by atoms with Gasteiger partial charge in [0.15, 0.2) is 0 Å². The molecule has 2 rings (SSSR count). The summed E-state index contributed by atoms with van der Waals surface area (Å²) >= 11 is 13.9. The van der Waals surface area contributed by atoms with Crippen LogP contribution in [0, 0.1) is 0 Å². The van der Waals surface area contributed by atoms with E-state index in [4.69, 9.17) is 28.9 Å². The Balaban J connectivity index is 2.38. The van der Waals surface area contributed by atoms with Gasteiger partial charge in [0.2, 0.25) is 0 Å². The zero-order chi connectivity index (χ0) is 10.8. The topological polar surface area (TPSA) is 26.0 Å². The standard InChI is InChI=1S/C11H13Cl2NS/c12-9-5-8-7(1-3-14)2-4-15-11(8)6-10(9)13/h5-7H,1-4,14H2. The molecule has 0 radical (unpaired) electrons. The highest BCUT2D eigenvalue weighted by Crippen LogP contribution is 2.42. The van der Waals surface area contributed by atoms with Crippen LogP contribution in [0.3, 0.4) is 0 Å². The van der Waals surface area contributed by atoms with Gasteiger partial charge in [-0.3, -0.25) is 0 Å². The van der Waals surface area contributed by atoms with Gasteiger partial charge in [-0.05, 0) is 48.8 Å². The highest BCUT2D eigenvalue weighted by Gasteiger charge is 2.21. The highest BCUT2D eigenvalue weighted by atomic mass is 35.5. The fourth-order valence-electron chi connectivity index (χ4n) is 1.96. The van der Waals surface area contributed by atoms with E-state index >= 15 is 0 Å². The summed E-state index contributed by atoms with van der Waals surface area (Å²) < 4.78 is 0. The van der Waals surface area contributed by atoms with Crippen LogP contribution in [0.5, 0.6) is 0 Å². The molecule has 1 aromatic carbocycles. The SMILES string of the molecule is NCCC1CCSc2cc(Cl)c(Cl)cc21. The van der Waals surface area contributed by atoms with Crippen molar-refractivity contribution in [2.24, 2.45) is 5.73 Å². The molecule has 1 aliphatic rings. The molecule has 2 N–H and O–H groups in total. The first-order valence-corrected chi connectivity index (χ1v) is 6.78. The molecule has 0 bridgehead atoms. The minimum atomic E-state index is 0.556. The third kappa shape index (κ3) is 2.44. The second kappa shape index (κ2) is 4.96. The maximum absolute atomic E-state index is 6.04. The van der Waals surface area contributed by atoms with Crippen molar-refractivity contribution in [3.05, 3.63) is 27.7 Å². The van der Waals surface area contributed by atoms with E-state index in [9.17, 15) is 0 Å². The summed E-state index contributed by atoms with van der Waals surface area (Å²) in [6.45, 7) is 0.731. The molecular formula is C11H13Cl2NS. The molecule has 1 unspecified atom stereocenters. The quantitative estimate of drug-likeness (QED) is 0.874. The van der Waals surface area contributed by atoms with E-state index in [0.717, 1.165) is 18.7 Å². The molecule has 0 fully saturated rings. The molecule has 0 amide bonds. The summed E-state index contributed by atoms with van der Waals surface area (Å²) in [5.74, 6) is 1.70. The fraction of sp³-hybridized carbons (Fsp3) is 0.455. The van der Waals surface area contributed by atoms with E-state index in [-0.39, 0.29) is 0 Å². The third-order valence-corrected chi connectivity index (χ3v) is 4.56. The van der Waals surface area contributed by atoms with Crippen LogP contribution in [-0.2, 0) is 0 Å². The van der Waals surface area contributed by atoms with Crippen LogP contribution < -0.4 is 5.73 Å². The van der Waals surface area contributed by atoms with Gasteiger partial charge < -0.3 is 5.73 Å². The van der Waals surface area contributed by atoms with Gasteiger partial charge in [0.1, 0.15) is 0 Å². The molecule has 0 aliphatic carbocycles. The average Bonchev–Trinajstić information content (AvgIpc) is 2.21. The second-order valence-corrected chi connectivity index (χ2v) is 5.67. The Morgan fingerprint density at radius 1 is 1.33 bits per heavy atom. The lowest BCUT2D eigenvalue weighted by atomic mass is 9.93. The number of nitrogens with two attached hydrogens (primary N) is 1. The number of benzene rings is 1. The first-order valence-electron chi connectivity index (χ1n) is 5.04. The van der Waals surface area contributed by atoms with E-state index in [0.29, 0.717) is 16.0 Å². The number of hydrogen-bond acceptors (Lipinski definition) is 2. The maximum Gasteiger partial charge on any atom is 0.0603 e. The lowest BCUT2D eigenvalue weighted by Crippen LogP contribution is -2.12. The van der Waals surface area contributed by atoms with Crippen LogP contribution >= 0.6 is 35.0 Å². The van der Waals surface area contributed by atoms with Crippen molar-refractivity contribution >= 4 is 35.0 Å². The molecule has 1 atom stereocenters. The van der Waals surface area contributed by atoms with E-state index in [1.165, 1.54) is 16.9 Å². The summed E-state index contributed by atoms with van der Waals surface area (Å²) in [5.41, 5.74) is 6.94. The molecule has 1 aromatic rings. The minimum Gasteiger partial charge on any atom is -0.330 e. The molecule has 1 nitrogen and oxygen atoms in total. The zero-order valence-electron chi connectivity index (χ0n) is 8.30. The Morgan fingerprint density at radius 2 is 2.07 bits per heavy atom. The third-order valence-electron chi connectivity index (χ3n) is 2.73. The maximum atomic E-state index is 6.04. The minimum absolute atomic E-state index is 0.556. The lowest BCUT2D eigenvalue weighted by Gasteiger charge is -2.25. The molecule has 1 heterocycles. The molecular weight excluding hydrogens is 249 g/mol. The number of fused-ring (bicyclic) bond motifs is 1. The van der Waals surface area contributed by atoms with Gasteiger partial charge in [-0.1, -0.05) is 23.2 Å². The van der Waals surface area contributed by atoms with Crippen LogP contribution in [0.2, 0.25) is 10.0 Å². The van der Waals surface area contributed by atoms with Crippen molar-refractivity contribution in [2.75, 3.05) is 12.3 Å². The van der Waals surface area contributed by atoms with Crippen molar-refractivity contribution < 1.29 is 0 Å². The molecule has 4 heteroatoms. The molecule has 0 saturated heterocycles. The molecule has 15 heavy (non-hydrogen) atoms. The Labute approximate surface area is 104 Å². The summed E-state index contributed by atoms with van der Waals surface area (Å²) in [4.78, 5) is 1.27. The molecule has 0 saturated carbocycles. The Hall–Kier alpha value is 0.110. The van der Waals surface area contributed by atoms with Crippen LogP contribution in [0.1, 0.15) is 24.3 Å². The van der Waals surface area contributed by atoms with Gasteiger partial charge in [0.25, 0.3) is 0 Å². The van der Waals surface area contributed by atoms with E-state index < -0.39 is 0 Å². The van der Waals surface area contributed by atoms with Crippen molar-refractivity contribution in [3.63, 3.8) is 0 Å². The molecule has 82 valence electrons. The first-order chi connectivity index (χ1) is 7.22. The van der Waals surface area contributed by atoms with Crippen molar-refractivity contribution in [2.45, 2.75) is 23.7 Å². The normalized spacial score (nSPS) is 20.1. The van der Waals surface area contributed by atoms with Crippen LogP contribution in [0.4, 0.5) is 0 Å². The monoisotopic (exact) mass is 261 g/mol. The lowest BCUT2D eigenvalue weighted by molar-refractivity contribution is 0.602. The van der Waals surface area contributed by atoms with Crippen molar-refractivity contribution in [1.29, 1.82) is 0 Å². The van der Waals surface area contributed by atoms with E-state index in [1.807, 2.05) is 23.9 Å². The van der Waals surface area contributed by atoms with Crippen LogP contribution in [0.15, 0.2) is 17.0 Å². The Morgan fingerprint density at radius 3 is 2.80 bits per heavy atom. The predicted molar refractivity (Wildman–Crippen MR) is 68.2 cm³/mol. The van der Waals surface area contributed by atoms with Gasteiger partial charge in [-0.2, -0.15) is 0 Å². The Bertz CT molecular complexity index is 368. The molecule has 0 spiro atoms. The largest absolute Gasteiger partial charge is 0.330 e. The summed E-state index contributed by atoms with van der Waals surface area (Å²) in [5, 5.41) is 1.30. The van der Waals surface area contributed by atoms with Gasteiger partial charge >= 0.3 is 0 Å². The number of rotatable bonds is 2. The smallest absolute Gasteiger partial charge is 0.0603 e. The molecule has 0 aromatic heterocycles. The van der Waals surface area contributed by atoms with Gasteiger partial charge in [0.05, 0.1) is 10.0 Å². The zero-order valence-corrected chi connectivity index (χ0v) is 10.6. The van der Waals surface area contributed by atoms with Crippen LogP contribution in [0.25, 0.3) is 0 Å². The first kappa shape index (κ1) is 11.6. The Kier molecular flexibility index (Phi) is 3.83. The number of hydrogen-bond donors (Lipinski definition) is 1. The van der Waals surface area contributed by atoms with E-state index in [2.05, 4.69) is 0 Å². The second-order valence-electron chi connectivity index (χ2n) is 3.72. The average molecular weight is 262 g/mol. The van der Waals surface area contributed by atoms with Gasteiger partial charge in [-0.25, -0.2) is 0 Å². The highest BCUT2D eigenvalue weighted by molar-refractivity contribution is 7.99. The number of halogens is 2. The number of thioether (sulfide) groups is 1. The van der Waals surface area contributed by atoms with Crippen molar-refractivity contribution in [1.82, 2.24) is 0 Å². The van der Waals surface area contributed by atoms with Crippen molar-refractivity contribution in [3.8, 4) is 0 Å². The molecule has 1 aliphatic heterocycles. The van der Waals surface area contributed by atoms with Gasteiger partial charge in [-0.15, -0.1) is 11.8 Å². The van der Waals surface area contributed by atoms with Crippen LogP contribution in [-0.4, -0.2) is 12.3 Å². The summed E-state index contributed by atoms with van der Waals surface area (Å²) in [6.07, 6.45) is 2.22. The van der Waals surface area contributed by atoms with E-state index in [1.54, 1.807) is 0 Å². The fourth-order valence-corrected chi connectivity index (χ4v) is 3.57.